The van der Waals surface area contributed by atoms with E-state index in [1.807, 2.05) is 0 Å². The third kappa shape index (κ3) is 2.44. The van der Waals surface area contributed by atoms with E-state index in [2.05, 4.69) is 15.4 Å². The van der Waals surface area contributed by atoms with Crippen molar-refractivity contribution in [1.82, 2.24) is 20.2 Å². The van der Waals surface area contributed by atoms with Gasteiger partial charge < -0.3 is 5.11 Å². The minimum Gasteiger partial charge on any atom is -0.478 e. The van der Waals surface area contributed by atoms with Crippen molar-refractivity contribution in [2.24, 2.45) is 0 Å². The maximum atomic E-state index is 11.0. The molecule has 0 spiro atoms. The molecule has 2 rings (SSSR count). The lowest BCUT2D eigenvalue weighted by Gasteiger charge is -2.08. The molecule has 1 aromatic heterocycles. The van der Waals surface area contributed by atoms with Crippen LogP contribution in [0.1, 0.15) is 21.7 Å². The molecule has 1 aromatic carbocycles. The molecule has 18 heavy (non-hydrogen) atoms. The first-order valence-corrected chi connectivity index (χ1v) is 5.69. The van der Waals surface area contributed by atoms with Gasteiger partial charge in [0.25, 0.3) is 0 Å². The van der Waals surface area contributed by atoms with Crippen LogP contribution in [-0.2, 0) is 6.54 Å². The SMILES string of the molecule is Cc1nnn(Cc2c(Cl)ccc(C(=O)O)c2Cl)n1. The van der Waals surface area contributed by atoms with Crippen LogP contribution in [-0.4, -0.2) is 31.3 Å². The van der Waals surface area contributed by atoms with Crippen LogP contribution < -0.4 is 0 Å². The van der Waals surface area contributed by atoms with Gasteiger partial charge in [-0.3, -0.25) is 0 Å². The molecule has 94 valence electrons. The molecule has 1 N–H and O–H groups in total. The zero-order valence-electron chi connectivity index (χ0n) is 9.26. The van der Waals surface area contributed by atoms with Crippen molar-refractivity contribution in [3.05, 3.63) is 39.1 Å². The Morgan fingerprint density at radius 2 is 2.17 bits per heavy atom. The van der Waals surface area contributed by atoms with Crippen molar-refractivity contribution >= 4 is 29.2 Å². The molecule has 0 amide bonds. The molecule has 0 aliphatic heterocycles. The van der Waals surface area contributed by atoms with Crippen molar-refractivity contribution in [3.8, 4) is 0 Å². The number of aromatic carboxylic acids is 1. The summed E-state index contributed by atoms with van der Waals surface area (Å²) in [7, 11) is 0. The molecule has 0 bridgehead atoms. The van der Waals surface area contributed by atoms with Crippen LogP contribution in [0.5, 0.6) is 0 Å². The summed E-state index contributed by atoms with van der Waals surface area (Å²) in [5.41, 5.74) is 0.448. The number of carbonyl (C=O) groups is 1. The lowest BCUT2D eigenvalue weighted by molar-refractivity contribution is 0.0697. The van der Waals surface area contributed by atoms with Gasteiger partial charge in [0.1, 0.15) is 0 Å². The maximum absolute atomic E-state index is 11.0. The lowest BCUT2D eigenvalue weighted by Crippen LogP contribution is -2.08. The van der Waals surface area contributed by atoms with Crippen molar-refractivity contribution in [3.63, 3.8) is 0 Å². The Morgan fingerprint density at radius 1 is 1.44 bits per heavy atom. The molecule has 0 aliphatic carbocycles. The fourth-order valence-electron chi connectivity index (χ4n) is 1.44. The lowest BCUT2D eigenvalue weighted by atomic mass is 10.1. The van der Waals surface area contributed by atoms with Gasteiger partial charge in [-0.2, -0.15) is 4.80 Å². The molecule has 0 fully saturated rings. The van der Waals surface area contributed by atoms with Gasteiger partial charge in [-0.1, -0.05) is 23.2 Å². The first kappa shape index (κ1) is 12.8. The number of nitrogens with zero attached hydrogens (tertiary/aromatic N) is 4. The molecule has 0 radical (unpaired) electrons. The highest BCUT2D eigenvalue weighted by atomic mass is 35.5. The minimum atomic E-state index is -1.11. The van der Waals surface area contributed by atoms with Gasteiger partial charge >= 0.3 is 5.97 Å². The molecular weight excluding hydrogens is 279 g/mol. The van der Waals surface area contributed by atoms with Gasteiger partial charge in [0.05, 0.1) is 17.1 Å². The second-order valence-electron chi connectivity index (χ2n) is 3.56. The Labute approximate surface area is 112 Å². The van der Waals surface area contributed by atoms with E-state index in [9.17, 15) is 4.79 Å². The van der Waals surface area contributed by atoms with Crippen molar-refractivity contribution in [2.45, 2.75) is 13.5 Å². The fraction of sp³-hybridized carbons (Fsp3) is 0.200. The van der Waals surface area contributed by atoms with Crippen LogP contribution in [0.4, 0.5) is 0 Å². The minimum absolute atomic E-state index is 0.00657. The monoisotopic (exact) mass is 286 g/mol. The number of hydrogen-bond donors (Lipinski definition) is 1. The van der Waals surface area contributed by atoms with Crippen LogP contribution in [0.3, 0.4) is 0 Å². The van der Waals surface area contributed by atoms with E-state index >= 15 is 0 Å². The summed E-state index contributed by atoms with van der Waals surface area (Å²) in [5, 5.41) is 20.9. The normalized spacial score (nSPS) is 10.6. The molecule has 1 heterocycles. The van der Waals surface area contributed by atoms with Crippen LogP contribution in [0, 0.1) is 6.92 Å². The highest BCUT2D eigenvalue weighted by molar-refractivity contribution is 6.37. The van der Waals surface area contributed by atoms with Gasteiger partial charge in [0.2, 0.25) is 0 Å². The van der Waals surface area contributed by atoms with E-state index < -0.39 is 5.97 Å². The molecule has 0 saturated carbocycles. The van der Waals surface area contributed by atoms with Crippen LogP contribution >= 0.6 is 23.2 Å². The molecular formula is C10H8Cl2N4O2. The number of tetrazole rings is 1. The predicted octanol–water partition coefficient (Wildman–Crippen LogP) is 2.03. The number of aryl methyl sites for hydroxylation is 1. The average molecular weight is 287 g/mol. The summed E-state index contributed by atoms with van der Waals surface area (Å²) < 4.78 is 0. The van der Waals surface area contributed by atoms with Crippen LogP contribution in [0.2, 0.25) is 10.0 Å². The van der Waals surface area contributed by atoms with E-state index in [-0.39, 0.29) is 17.1 Å². The number of halogens is 2. The van der Waals surface area contributed by atoms with Crippen molar-refractivity contribution < 1.29 is 9.90 Å². The Bertz CT molecular complexity index is 612. The number of benzene rings is 1. The third-order valence-electron chi connectivity index (χ3n) is 2.27. The molecule has 0 unspecified atom stereocenters. The summed E-state index contributed by atoms with van der Waals surface area (Å²) in [6.45, 7) is 1.86. The molecule has 0 atom stereocenters. The van der Waals surface area contributed by atoms with Crippen molar-refractivity contribution in [2.75, 3.05) is 0 Å². The summed E-state index contributed by atoms with van der Waals surface area (Å²) in [6.07, 6.45) is 0. The van der Waals surface area contributed by atoms with E-state index in [0.29, 0.717) is 16.4 Å². The van der Waals surface area contributed by atoms with E-state index in [1.165, 1.54) is 16.9 Å². The van der Waals surface area contributed by atoms with Crippen LogP contribution in [0.25, 0.3) is 0 Å². The summed E-state index contributed by atoms with van der Waals surface area (Å²) >= 11 is 12.0. The largest absolute Gasteiger partial charge is 0.478 e. The maximum Gasteiger partial charge on any atom is 0.337 e. The quantitative estimate of drug-likeness (QED) is 0.934. The van der Waals surface area contributed by atoms with E-state index in [1.54, 1.807) is 6.92 Å². The summed E-state index contributed by atoms with van der Waals surface area (Å²) in [6, 6.07) is 2.84. The van der Waals surface area contributed by atoms with Gasteiger partial charge in [-0.25, -0.2) is 4.79 Å². The van der Waals surface area contributed by atoms with Gasteiger partial charge in [-0.15, -0.1) is 10.2 Å². The summed E-state index contributed by atoms with van der Waals surface area (Å²) in [4.78, 5) is 12.3. The summed E-state index contributed by atoms with van der Waals surface area (Å²) in [5.74, 6) is -0.600. The first-order chi connectivity index (χ1) is 8.49. The van der Waals surface area contributed by atoms with Crippen LogP contribution in [0.15, 0.2) is 12.1 Å². The second-order valence-corrected chi connectivity index (χ2v) is 4.34. The smallest absolute Gasteiger partial charge is 0.337 e. The predicted molar refractivity (Wildman–Crippen MR) is 65.1 cm³/mol. The molecule has 8 heteroatoms. The fourth-order valence-corrected chi connectivity index (χ4v) is 2.01. The molecule has 0 saturated heterocycles. The van der Waals surface area contributed by atoms with Gasteiger partial charge in [0.15, 0.2) is 5.82 Å². The Hall–Kier alpha value is -1.66. The topological polar surface area (TPSA) is 80.9 Å². The first-order valence-electron chi connectivity index (χ1n) is 4.93. The molecule has 0 aliphatic rings. The van der Waals surface area contributed by atoms with Gasteiger partial charge in [0, 0.05) is 10.6 Å². The van der Waals surface area contributed by atoms with Crippen molar-refractivity contribution in [1.29, 1.82) is 0 Å². The zero-order valence-corrected chi connectivity index (χ0v) is 10.8. The highest BCUT2D eigenvalue weighted by Gasteiger charge is 2.16. The molecule has 6 nitrogen and oxygen atoms in total. The Kier molecular flexibility index (Phi) is 3.49. The number of aromatic nitrogens is 4. The standard InChI is InChI=1S/C10H8Cl2N4O2/c1-5-13-15-16(14-5)4-7-8(11)3-2-6(9(7)12)10(17)18/h2-3H,4H2,1H3,(H,17,18). The zero-order chi connectivity index (χ0) is 13.3. The number of carboxylic acid groups (broad SMARTS) is 1. The van der Waals surface area contributed by atoms with Gasteiger partial charge in [-0.05, 0) is 24.3 Å². The third-order valence-corrected chi connectivity index (χ3v) is 3.05. The highest BCUT2D eigenvalue weighted by Crippen LogP contribution is 2.28. The second kappa shape index (κ2) is 4.91. The average Bonchev–Trinajstić information content (AvgIpc) is 2.69. The Balaban J connectivity index is 2.43. The number of carboxylic acids is 1. The number of hydrogen-bond acceptors (Lipinski definition) is 4. The number of rotatable bonds is 3. The molecule has 2 aromatic rings. The Morgan fingerprint density at radius 3 is 2.72 bits per heavy atom. The van der Waals surface area contributed by atoms with E-state index in [4.69, 9.17) is 28.3 Å². The van der Waals surface area contributed by atoms with E-state index in [0.717, 1.165) is 0 Å².